The molecule has 0 fully saturated rings. The Morgan fingerprint density at radius 1 is 1.15 bits per heavy atom. The summed E-state index contributed by atoms with van der Waals surface area (Å²) < 4.78 is 7.31. The molecule has 6 rings (SSSR count). The first kappa shape index (κ1) is 20.3. The van der Waals surface area contributed by atoms with Crippen LogP contribution < -0.4 is 0 Å². The lowest BCUT2D eigenvalue weighted by molar-refractivity contribution is -0.384. The van der Waals surface area contributed by atoms with E-state index in [9.17, 15) is 19.7 Å². The fourth-order valence-electron chi connectivity index (χ4n) is 4.76. The van der Waals surface area contributed by atoms with Gasteiger partial charge in [0, 0.05) is 41.3 Å². The topological polar surface area (TPSA) is 120 Å². The van der Waals surface area contributed by atoms with Gasteiger partial charge in [0.05, 0.1) is 38.2 Å². The fraction of sp³-hybridized carbons (Fsp3) is 0.250. The molecule has 2 aromatic carbocycles. The summed E-state index contributed by atoms with van der Waals surface area (Å²) in [5, 5.41) is 13.3. The van der Waals surface area contributed by atoms with Crippen molar-refractivity contribution in [2.75, 3.05) is 6.54 Å². The van der Waals surface area contributed by atoms with E-state index in [0.29, 0.717) is 44.8 Å². The molecule has 0 saturated carbocycles. The first-order valence-electron chi connectivity index (χ1n) is 10.8. The molecular weight excluding hydrogens is 438 g/mol. The predicted octanol–water partition coefficient (Wildman–Crippen LogP) is 4.47. The van der Waals surface area contributed by atoms with Gasteiger partial charge in [-0.3, -0.25) is 24.3 Å². The van der Waals surface area contributed by atoms with Crippen LogP contribution in [0.5, 0.6) is 0 Å². The number of nitrogens with zero attached hydrogens (tertiary/aromatic N) is 5. The highest BCUT2D eigenvalue weighted by Crippen LogP contribution is 2.40. The van der Waals surface area contributed by atoms with E-state index >= 15 is 0 Å². The molecule has 1 aliphatic heterocycles. The van der Waals surface area contributed by atoms with Crippen LogP contribution in [0.25, 0.3) is 38.2 Å². The van der Waals surface area contributed by atoms with Crippen molar-refractivity contribution in [1.82, 2.24) is 19.3 Å². The first-order chi connectivity index (χ1) is 16.1. The van der Waals surface area contributed by atoms with Crippen LogP contribution in [0.15, 0.2) is 36.7 Å². The molecule has 10 heteroatoms. The summed E-state index contributed by atoms with van der Waals surface area (Å²) >= 11 is 0. The predicted molar refractivity (Wildman–Crippen MR) is 124 cm³/mol. The summed E-state index contributed by atoms with van der Waals surface area (Å²) in [5.41, 5.74) is 2.78. The number of aromatic nitrogens is 3. The lowest BCUT2D eigenvalue weighted by atomic mass is 9.93. The average Bonchev–Trinajstić information content (AvgIpc) is 3.21. The van der Waals surface area contributed by atoms with Crippen LogP contribution in [-0.2, 0) is 11.2 Å². The van der Waals surface area contributed by atoms with E-state index in [-0.39, 0.29) is 17.8 Å². The molecule has 0 bridgehead atoms. The number of nitro benzene ring substituents is 1. The third-order valence-electron chi connectivity index (χ3n) is 6.10. The van der Waals surface area contributed by atoms with E-state index < -0.39 is 22.5 Å². The highest BCUT2D eigenvalue weighted by molar-refractivity contribution is 6.28. The van der Waals surface area contributed by atoms with Crippen molar-refractivity contribution < 1.29 is 19.2 Å². The molecule has 0 radical (unpaired) electrons. The van der Waals surface area contributed by atoms with Crippen LogP contribution in [0.4, 0.5) is 10.5 Å². The Hall–Kier alpha value is -4.34. The van der Waals surface area contributed by atoms with Crippen molar-refractivity contribution >= 4 is 55.9 Å². The molecule has 3 aromatic heterocycles. The molecule has 2 amide bonds. The molecule has 0 aliphatic carbocycles. The zero-order valence-electron chi connectivity index (χ0n) is 18.7. The van der Waals surface area contributed by atoms with Crippen LogP contribution in [-0.4, -0.2) is 48.3 Å². The van der Waals surface area contributed by atoms with Gasteiger partial charge in [-0.05, 0) is 39.0 Å². The largest absolute Gasteiger partial charge is 0.443 e. The van der Waals surface area contributed by atoms with Crippen molar-refractivity contribution in [3.63, 3.8) is 0 Å². The third kappa shape index (κ3) is 2.74. The maximum absolute atomic E-state index is 13.7. The minimum atomic E-state index is -0.764. The van der Waals surface area contributed by atoms with E-state index in [1.165, 1.54) is 12.1 Å². The Morgan fingerprint density at radius 3 is 2.65 bits per heavy atom. The Balaban J connectivity index is 1.73. The molecule has 170 valence electrons. The molecule has 0 saturated heterocycles. The minimum absolute atomic E-state index is 0.0968. The van der Waals surface area contributed by atoms with Crippen LogP contribution in [0.2, 0.25) is 0 Å². The number of hydrogen-bond donors (Lipinski definition) is 0. The number of pyridine rings is 2. The molecular formula is C24H19N5O5. The Morgan fingerprint density at radius 2 is 1.91 bits per heavy atom. The van der Waals surface area contributed by atoms with Crippen molar-refractivity contribution in [3.8, 4) is 0 Å². The molecule has 0 unspecified atom stereocenters. The third-order valence-corrected chi connectivity index (χ3v) is 6.10. The smallest absolute Gasteiger partial charge is 0.417 e. The number of benzene rings is 2. The Labute approximate surface area is 192 Å². The maximum atomic E-state index is 13.7. The van der Waals surface area contributed by atoms with Gasteiger partial charge in [0.2, 0.25) is 0 Å². The summed E-state index contributed by atoms with van der Waals surface area (Å²) in [5.74, 6) is -0.526. The Bertz CT molecular complexity index is 1700. The van der Waals surface area contributed by atoms with Gasteiger partial charge in [0.25, 0.3) is 11.6 Å². The van der Waals surface area contributed by atoms with E-state index in [1.54, 1.807) is 33.2 Å². The molecule has 1 aliphatic rings. The van der Waals surface area contributed by atoms with Crippen molar-refractivity contribution in [1.29, 1.82) is 0 Å². The van der Waals surface area contributed by atoms with E-state index in [1.807, 2.05) is 16.5 Å². The average molecular weight is 457 g/mol. The Kier molecular flexibility index (Phi) is 3.93. The number of carbonyl (C=O) groups excluding carboxylic acids is 2. The van der Waals surface area contributed by atoms with Gasteiger partial charge in [-0.1, -0.05) is 0 Å². The summed E-state index contributed by atoms with van der Waals surface area (Å²) in [4.78, 5) is 48.0. The van der Waals surface area contributed by atoms with Gasteiger partial charge in [-0.25, -0.2) is 14.7 Å². The molecule has 4 heterocycles. The van der Waals surface area contributed by atoms with E-state index in [0.717, 1.165) is 10.4 Å². The molecule has 10 nitrogen and oxygen atoms in total. The lowest BCUT2D eigenvalue weighted by Gasteiger charge is -2.30. The van der Waals surface area contributed by atoms with Gasteiger partial charge in [-0.2, -0.15) is 0 Å². The van der Waals surface area contributed by atoms with Crippen LogP contribution in [0.3, 0.4) is 0 Å². The normalized spacial score (nSPS) is 14.4. The number of hydrogen-bond acceptors (Lipinski definition) is 7. The number of rotatable bonds is 1. The summed E-state index contributed by atoms with van der Waals surface area (Å²) in [6, 6.07) is 8.25. The van der Waals surface area contributed by atoms with E-state index in [4.69, 9.17) is 9.72 Å². The fourth-order valence-corrected chi connectivity index (χ4v) is 4.76. The second kappa shape index (κ2) is 6.60. The second-order valence-corrected chi connectivity index (χ2v) is 9.40. The van der Waals surface area contributed by atoms with E-state index in [2.05, 4.69) is 4.98 Å². The number of amides is 2. The van der Waals surface area contributed by atoms with Gasteiger partial charge < -0.3 is 4.74 Å². The van der Waals surface area contributed by atoms with Gasteiger partial charge >= 0.3 is 6.09 Å². The molecule has 0 N–H and O–H groups in total. The van der Waals surface area contributed by atoms with Crippen molar-refractivity contribution in [3.05, 3.63) is 58.0 Å². The number of fused-ring (bicyclic) bond motifs is 5. The van der Waals surface area contributed by atoms with Crippen molar-refractivity contribution in [2.45, 2.75) is 32.8 Å². The molecule has 0 spiro atoms. The second-order valence-electron chi connectivity index (χ2n) is 9.40. The SMILES string of the molecule is CC(C)(C)OC(=O)N1CCc2nc3ccc4ncn5c6ccc([N+](=O)[O-])cc6c(c2C1=O)c3c45. The molecule has 5 aromatic rings. The number of imide groups is 1. The number of imidazole rings is 1. The van der Waals surface area contributed by atoms with Crippen LogP contribution in [0, 0.1) is 10.1 Å². The number of non-ortho nitro benzene ring substituents is 1. The summed E-state index contributed by atoms with van der Waals surface area (Å²) in [7, 11) is 0. The maximum Gasteiger partial charge on any atom is 0.417 e. The zero-order chi connectivity index (χ0) is 23.9. The van der Waals surface area contributed by atoms with Gasteiger partial charge in [-0.15, -0.1) is 0 Å². The first-order valence-corrected chi connectivity index (χ1v) is 10.8. The quantitative estimate of drug-likeness (QED) is 0.158. The van der Waals surface area contributed by atoms with Crippen LogP contribution in [0.1, 0.15) is 36.8 Å². The lowest BCUT2D eigenvalue weighted by Crippen LogP contribution is -2.45. The highest BCUT2D eigenvalue weighted by Gasteiger charge is 2.36. The molecule has 0 atom stereocenters. The molecule has 34 heavy (non-hydrogen) atoms. The number of carbonyl (C=O) groups is 2. The van der Waals surface area contributed by atoms with Crippen LogP contribution >= 0.6 is 0 Å². The standard InChI is InChI=1S/C24H19N5O5/c1-24(2,3)34-23(31)27-9-8-15-20(22(27)30)18-13-10-12(29(32)33)4-7-17(13)28-11-25-16-6-5-14(26-15)19(18)21(16)28/h4-7,10-11H,8-9H2,1-3H3. The monoisotopic (exact) mass is 457 g/mol. The van der Waals surface area contributed by atoms with Crippen molar-refractivity contribution in [2.24, 2.45) is 0 Å². The van der Waals surface area contributed by atoms with Gasteiger partial charge in [0.15, 0.2) is 0 Å². The van der Waals surface area contributed by atoms with Gasteiger partial charge in [0.1, 0.15) is 11.9 Å². The number of ether oxygens (including phenoxy) is 1. The highest BCUT2D eigenvalue weighted by atomic mass is 16.6. The minimum Gasteiger partial charge on any atom is -0.443 e. The zero-order valence-corrected chi connectivity index (χ0v) is 18.7. The summed E-state index contributed by atoms with van der Waals surface area (Å²) in [6.07, 6.45) is 1.28. The number of nitro groups is 1. The summed E-state index contributed by atoms with van der Waals surface area (Å²) in [6.45, 7) is 5.35.